The Kier molecular flexibility index (Phi) is 15.0. The highest BCUT2D eigenvalue weighted by molar-refractivity contribution is 7.99. The summed E-state index contributed by atoms with van der Waals surface area (Å²) in [4.78, 5) is 15.5. The molecule has 4 aromatic carbocycles. The van der Waals surface area contributed by atoms with E-state index in [0.717, 1.165) is 21.8 Å². The fourth-order valence-electron chi connectivity index (χ4n) is 7.53. The van der Waals surface area contributed by atoms with Gasteiger partial charge in [-0.3, -0.25) is 4.79 Å². The average Bonchev–Trinajstić information content (AvgIpc) is 3.45. The van der Waals surface area contributed by atoms with E-state index < -0.39 is 19.5 Å². The zero-order valence-corrected chi connectivity index (χ0v) is 36.7. The van der Waals surface area contributed by atoms with Crippen LogP contribution in [0.4, 0.5) is 0 Å². The first-order chi connectivity index (χ1) is 26.6. The number of rotatable bonds is 19. The molecule has 300 valence electrons. The van der Waals surface area contributed by atoms with Gasteiger partial charge in [-0.1, -0.05) is 137 Å². The van der Waals surface area contributed by atoms with Crippen molar-refractivity contribution >= 4 is 36.2 Å². The number of thioether (sulfide) groups is 1. The number of carbonyl (C=O) groups excluding carboxylic acids is 1. The van der Waals surface area contributed by atoms with Crippen LogP contribution in [-0.2, 0) is 30.0 Å². The minimum absolute atomic E-state index is 0.0985. The van der Waals surface area contributed by atoms with Crippen LogP contribution in [0.3, 0.4) is 0 Å². The molecule has 0 aliphatic carbocycles. The van der Waals surface area contributed by atoms with E-state index >= 15 is 0 Å². The molecule has 4 aromatic rings. The summed E-state index contributed by atoms with van der Waals surface area (Å²) < 4.78 is 32.0. The number of hydrogen-bond donors (Lipinski definition) is 0. The molecule has 0 aromatic heterocycles. The molecular formula is C48H62O6SSi. The first-order valence-corrected chi connectivity index (χ1v) is 22.8. The van der Waals surface area contributed by atoms with Gasteiger partial charge in [-0.25, -0.2) is 0 Å². The van der Waals surface area contributed by atoms with Crippen LogP contribution in [0.25, 0.3) is 0 Å². The van der Waals surface area contributed by atoms with E-state index in [2.05, 4.69) is 120 Å². The minimum atomic E-state index is -2.82. The van der Waals surface area contributed by atoms with Gasteiger partial charge in [0.05, 0.1) is 38.6 Å². The summed E-state index contributed by atoms with van der Waals surface area (Å²) in [5.41, 5.74) is 1.50. The summed E-state index contributed by atoms with van der Waals surface area (Å²) in [5.74, 6) is 0.999. The van der Waals surface area contributed by atoms with Gasteiger partial charge >= 0.3 is 0 Å². The maximum atomic E-state index is 14.4. The Balaban J connectivity index is 1.47. The summed E-state index contributed by atoms with van der Waals surface area (Å²) in [5, 5.41) is 2.27. The van der Waals surface area contributed by atoms with Crippen molar-refractivity contribution in [3.8, 4) is 5.75 Å². The lowest BCUT2D eigenvalue weighted by Gasteiger charge is -2.42. The molecule has 1 aliphatic rings. The quantitative estimate of drug-likeness (QED) is 0.0532. The van der Waals surface area contributed by atoms with Crippen LogP contribution in [0.1, 0.15) is 80.2 Å². The number of hydrogen-bond acceptors (Lipinski definition) is 7. The summed E-state index contributed by atoms with van der Waals surface area (Å²) in [6, 6.07) is 39.6. The molecule has 1 fully saturated rings. The molecule has 3 atom stereocenters. The average molecular weight is 795 g/mol. The second kappa shape index (κ2) is 19.3. The van der Waals surface area contributed by atoms with Crippen LogP contribution in [0.2, 0.25) is 5.04 Å². The van der Waals surface area contributed by atoms with Crippen molar-refractivity contribution in [1.82, 2.24) is 0 Å². The standard InChI is InChI=1S/C48H62O6SSi/c1-36-44(54-48(7,8)53-36)33-40(51-34-37-25-27-39(50-9)28-26-37)31-38(32-45(49)47(5,6)35-55-41-19-13-10-14-20-41)29-30-52-56(46(2,3)4,42-21-15-11-16-22-42)43-23-17-12-18-24-43/h10-29,36,40,44H,30-35H2,1-9H3/b38-29+/t36-,40+,44-/m1/s1. The molecule has 0 bridgehead atoms. The Labute approximate surface area is 341 Å². The molecule has 1 heterocycles. The lowest BCUT2D eigenvalue weighted by Crippen LogP contribution is -2.66. The summed E-state index contributed by atoms with van der Waals surface area (Å²) >= 11 is 1.72. The first-order valence-electron chi connectivity index (χ1n) is 19.9. The van der Waals surface area contributed by atoms with Gasteiger partial charge in [-0.05, 0) is 72.4 Å². The predicted molar refractivity (Wildman–Crippen MR) is 233 cm³/mol. The van der Waals surface area contributed by atoms with Crippen molar-refractivity contribution in [2.45, 2.75) is 115 Å². The zero-order valence-electron chi connectivity index (χ0n) is 34.9. The van der Waals surface area contributed by atoms with Crippen LogP contribution in [0.5, 0.6) is 5.75 Å². The smallest absolute Gasteiger partial charge is 0.261 e. The largest absolute Gasteiger partial charge is 0.497 e. The lowest BCUT2D eigenvalue weighted by molar-refractivity contribution is -0.148. The molecule has 8 heteroatoms. The van der Waals surface area contributed by atoms with Crippen molar-refractivity contribution < 1.29 is 28.2 Å². The Morgan fingerprint density at radius 1 is 0.839 bits per heavy atom. The second-order valence-corrected chi connectivity index (χ2v) is 22.4. The van der Waals surface area contributed by atoms with E-state index in [-0.39, 0.29) is 29.1 Å². The number of Topliss-reactive ketones (excluding diaryl/α,β-unsaturated/α-hetero) is 1. The highest BCUT2D eigenvalue weighted by Gasteiger charge is 2.50. The van der Waals surface area contributed by atoms with E-state index in [0.29, 0.717) is 38.2 Å². The predicted octanol–water partition coefficient (Wildman–Crippen LogP) is 10.2. The topological polar surface area (TPSA) is 63.2 Å². The third-order valence-corrected chi connectivity index (χ3v) is 17.1. The van der Waals surface area contributed by atoms with Gasteiger partial charge in [0, 0.05) is 28.9 Å². The van der Waals surface area contributed by atoms with Gasteiger partial charge in [0.2, 0.25) is 0 Å². The normalized spacial score (nSPS) is 18.1. The molecular weight excluding hydrogens is 733 g/mol. The number of methoxy groups -OCH3 is 1. The van der Waals surface area contributed by atoms with E-state index in [1.807, 2.05) is 56.3 Å². The van der Waals surface area contributed by atoms with Crippen molar-refractivity contribution in [1.29, 1.82) is 0 Å². The second-order valence-electron chi connectivity index (χ2n) is 17.0. The van der Waals surface area contributed by atoms with Crippen LogP contribution < -0.4 is 15.1 Å². The van der Waals surface area contributed by atoms with Gasteiger partial charge in [0.25, 0.3) is 8.32 Å². The molecule has 5 rings (SSSR count). The SMILES string of the molecule is COc1ccc(CO[C@@H](C/C(=C\CO[Si](c2ccccc2)(c2ccccc2)C(C)(C)C)CC(=O)C(C)(C)CSc2ccccc2)C[C@H]2OC(C)(C)O[C@@H]2C)cc1. The molecule has 0 N–H and O–H groups in total. The fraction of sp³-hybridized carbons (Fsp3) is 0.438. The van der Waals surface area contributed by atoms with Gasteiger partial charge in [-0.2, -0.15) is 0 Å². The van der Waals surface area contributed by atoms with Gasteiger partial charge < -0.3 is 23.4 Å². The third kappa shape index (κ3) is 11.5. The van der Waals surface area contributed by atoms with Gasteiger partial charge in [0.15, 0.2) is 5.79 Å². The summed E-state index contributed by atoms with van der Waals surface area (Å²) in [6.45, 7) is 17.7. The van der Waals surface area contributed by atoms with E-state index in [4.69, 9.17) is 23.4 Å². The Bertz CT molecular complexity index is 1800. The van der Waals surface area contributed by atoms with Gasteiger partial charge in [0.1, 0.15) is 11.5 Å². The maximum absolute atomic E-state index is 14.4. The van der Waals surface area contributed by atoms with Crippen molar-refractivity contribution in [3.05, 3.63) is 132 Å². The van der Waals surface area contributed by atoms with Crippen molar-refractivity contribution in [2.75, 3.05) is 19.5 Å². The minimum Gasteiger partial charge on any atom is -0.497 e. The number of ether oxygens (including phenoxy) is 4. The molecule has 0 unspecified atom stereocenters. The molecule has 1 saturated heterocycles. The summed E-state index contributed by atoms with van der Waals surface area (Å²) in [7, 11) is -1.15. The molecule has 0 amide bonds. The Morgan fingerprint density at radius 3 is 1.93 bits per heavy atom. The van der Waals surface area contributed by atoms with Crippen LogP contribution in [-0.4, -0.2) is 57.7 Å². The third-order valence-electron chi connectivity index (χ3n) is 10.6. The lowest BCUT2D eigenvalue weighted by atomic mass is 9.85. The molecule has 0 spiro atoms. The fourth-order valence-corrected chi connectivity index (χ4v) is 13.1. The van der Waals surface area contributed by atoms with Crippen LogP contribution in [0, 0.1) is 5.41 Å². The zero-order chi connectivity index (χ0) is 40.4. The van der Waals surface area contributed by atoms with Crippen LogP contribution >= 0.6 is 11.8 Å². The number of ketones is 1. The van der Waals surface area contributed by atoms with E-state index in [1.54, 1.807) is 18.9 Å². The Morgan fingerprint density at radius 2 is 1.41 bits per heavy atom. The van der Waals surface area contributed by atoms with E-state index in [9.17, 15) is 4.79 Å². The summed E-state index contributed by atoms with van der Waals surface area (Å²) in [6.07, 6.45) is 3.15. The molecule has 0 radical (unpaired) electrons. The number of carbonyl (C=O) groups is 1. The molecule has 1 aliphatic heterocycles. The highest BCUT2D eigenvalue weighted by Crippen LogP contribution is 2.38. The van der Waals surface area contributed by atoms with Crippen molar-refractivity contribution in [3.63, 3.8) is 0 Å². The Hall–Kier alpha value is -3.50. The maximum Gasteiger partial charge on any atom is 0.261 e. The van der Waals surface area contributed by atoms with Crippen molar-refractivity contribution in [2.24, 2.45) is 5.41 Å². The molecule has 56 heavy (non-hydrogen) atoms. The first kappa shape index (κ1) is 43.6. The highest BCUT2D eigenvalue weighted by atomic mass is 32.2. The molecule has 6 nitrogen and oxygen atoms in total. The molecule has 0 saturated carbocycles. The van der Waals surface area contributed by atoms with Crippen LogP contribution in [0.15, 0.2) is 132 Å². The monoisotopic (exact) mass is 794 g/mol. The van der Waals surface area contributed by atoms with Gasteiger partial charge in [-0.15, -0.1) is 11.8 Å². The number of benzene rings is 4. The van der Waals surface area contributed by atoms with E-state index in [1.165, 1.54) is 10.4 Å².